The molecule has 3 heterocycles. The van der Waals surface area contributed by atoms with Crippen molar-refractivity contribution >= 4 is 38.8 Å². The number of aromatic nitrogens is 1. The van der Waals surface area contributed by atoms with Crippen molar-refractivity contribution in [2.45, 2.75) is 39.8 Å². The van der Waals surface area contributed by atoms with Gasteiger partial charge in [-0.15, -0.1) is 0 Å². The second kappa shape index (κ2) is 12.2. The van der Waals surface area contributed by atoms with E-state index in [1.54, 1.807) is 0 Å². The van der Waals surface area contributed by atoms with Crippen molar-refractivity contribution in [3.05, 3.63) is 52.3 Å². The van der Waals surface area contributed by atoms with Gasteiger partial charge < -0.3 is 25.3 Å². The zero-order chi connectivity index (χ0) is 25.7. The summed E-state index contributed by atoms with van der Waals surface area (Å²) in [5, 5.41) is 7.29. The first kappa shape index (κ1) is 26.6. The predicted molar refractivity (Wildman–Crippen MR) is 157 cm³/mol. The second-order valence-electron chi connectivity index (χ2n) is 9.83. The lowest BCUT2D eigenvalue weighted by Gasteiger charge is -2.39. The quantitative estimate of drug-likeness (QED) is 0.396. The van der Waals surface area contributed by atoms with Crippen molar-refractivity contribution in [1.82, 2.24) is 14.8 Å². The molecular weight excluding hydrogens is 514 g/mol. The van der Waals surface area contributed by atoms with Gasteiger partial charge in [0.25, 0.3) is 0 Å². The van der Waals surface area contributed by atoms with Crippen LogP contribution >= 0.6 is 15.9 Å². The summed E-state index contributed by atoms with van der Waals surface area (Å²) in [6.07, 6.45) is 6.63. The maximum absolute atomic E-state index is 4.68. The van der Waals surface area contributed by atoms with Gasteiger partial charge in [-0.25, -0.2) is 4.98 Å². The van der Waals surface area contributed by atoms with Crippen molar-refractivity contribution in [3.63, 3.8) is 0 Å². The summed E-state index contributed by atoms with van der Waals surface area (Å²) in [4.78, 5) is 14.4. The van der Waals surface area contributed by atoms with Crippen LogP contribution in [0.4, 0.5) is 22.9 Å². The van der Waals surface area contributed by atoms with Crippen LogP contribution in [-0.4, -0.2) is 74.7 Å². The highest BCUT2D eigenvalue weighted by molar-refractivity contribution is 9.10. The summed E-state index contributed by atoms with van der Waals surface area (Å²) in [6.45, 7) is 14.1. The van der Waals surface area contributed by atoms with E-state index >= 15 is 0 Å². The smallest absolute Gasteiger partial charge is 0.153 e. The van der Waals surface area contributed by atoms with E-state index in [1.165, 1.54) is 29.1 Å². The molecule has 1 fully saturated rings. The van der Waals surface area contributed by atoms with E-state index in [-0.39, 0.29) is 6.17 Å². The number of rotatable bonds is 10. The Morgan fingerprint density at radius 3 is 2.42 bits per heavy atom. The Morgan fingerprint density at radius 1 is 1.08 bits per heavy atom. The van der Waals surface area contributed by atoms with E-state index in [2.05, 4.69) is 116 Å². The molecule has 1 aromatic carbocycles. The number of piperazine rings is 1. The van der Waals surface area contributed by atoms with E-state index in [4.69, 9.17) is 0 Å². The summed E-state index contributed by atoms with van der Waals surface area (Å²) in [6, 6.07) is 8.68. The lowest BCUT2D eigenvalue weighted by molar-refractivity contribution is 0.240. The normalized spacial score (nSPS) is 18.0. The summed E-state index contributed by atoms with van der Waals surface area (Å²) < 4.78 is 1.04. The third-order valence-electron chi connectivity index (χ3n) is 7.11. The lowest BCUT2D eigenvalue weighted by Crippen LogP contribution is -2.48. The molecule has 7 nitrogen and oxygen atoms in total. The van der Waals surface area contributed by atoms with Crippen LogP contribution in [-0.2, 0) is 0 Å². The molecule has 0 aliphatic carbocycles. The van der Waals surface area contributed by atoms with Crippen LogP contribution < -0.4 is 20.4 Å². The number of nitrogens with one attached hydrogen (secondary N) is 2. The molecule has 2 aliphatic heterocycles. The van der Waals surface area contributed by atoms with Crippen molar-refractivity contribution < 1.29 is 0 Å². The molecule has 0 spiro atoms. The van der Waals surface area contributed by atoms with Gasteiger partial charge in [-0.05, 0) is 53.4 Å². The molecule has 1 aromatic heterocycles. The van der Waals surface area contributed by atoms with Gasteiger partial charge in [-0.1, -0.05) is 32.1 Å². The highest BCUT2D eigenvalue weighted by atomic mass is 79.9. The van der Waals surface area contributed by atoms with Crippen LogP contribution in [0.5, 0.6) is 0 Å². The van der Waals surface area contributed by atoms with Gasteiger partial charge in [0.05, 0.1) is 10.2 Å². The van der Waals surface area contributed by atoms with Crippen molar-refractivity contribution in [2.24, 2.45) is 0 Å². The van der Waals surface area contributed by atoms with E-state index in [0.717, 1.165) is 68.2 Å². The molecule has 196 valence electrons. The molecule has 1 saturated heterocycles. The number of anilines is 4. The number of hydrogen-bond acceptors (Lipinski definition) is 7. The fourth-order valence-corrected chi connectivity index (χ4v) is 5.70. The highest BCUT2D eigenvalue weighted by Gasteiger charge is 2.30. The fraction of sp³-hybridized carbons (Fsp3) is 0.536. The van der Waals surface area contributed by atoms with Crippen LogP contribution in [0.25, 0.3) is 0 Å². The first-order valence-corrected chi connectivity index (χ1v) is 14.1. The molecule has 0 amide bonds. The number of hydrogen-bond donors (Lipinski definition) is 2. The third kappa shape index (κ3) is 5.92. The molecule has 8 heteroatoms. The zero-order valence-electron chi connectivity index (χ0n) is 22.5. The Labute approximate surface area is 225 Å². The predicted octanol–water partition coefficient (Wildman–Crippen LogP) is 5.59. The maximum atomic E-state index is 4.68. The second-order valence-corrected chi connectivity index (χ2v) is 10.7. The van der Waals surface area contributed by atoms with E-state index in [0.29, 0.717) is 0 Å². The molecule has 4 rings (SSSR count). The van der Waals surface area contributed by atoms with Gasteiger partial charge in [0, 0.05) is 77.5 Å². The van der Waals surface area contributed by atoms with E-state index < -0.39 is 0 Å². The third-order valence-corrected chi connectivity index (χ3v) is 7.69. The summed E-state index contributed by atoms with van der Waals surface area (Å²) in [7, 11) is 4.13. The Balaban J connectivity index is 1.44. The molecule has 1 unspecified atom stereocenters. The van der Waals surface area contributed by atoms with Gasteiger partial charge in [0.1, 0.15) is 11.9 Å². The number of benzene rings is 1. The van der Waals surface area contributed by atoms with Gasteiger partial charge in [0.15, 0.2) is 5.82 Å². The van der Waals surface area contributed by atoms with Crippen LogP contribution in [0.15, 0.2) is 46.7 Å². The van der Waals surface area contributed by atoms with Crippen LogP contribution in [0, 0.1) is 0 Å². The molecular formula is C28H42BrN7. The van der Waals surface area contributed by atoms with Crippen molar-refractivity contribution in [3.8, 4) is 0 Å². The lowest BCUT2D eigenvalue weighted by atomic mass is 10.1. The number of allylic oxidation sites excluding steroid dienone is 1. The standard InChI is InChI=1S/C28H42BrN7/c1-6-9-23(35(8-3)14-7-2)20-34-15-17-36(18-16-34)26-24(29)19-30-28-25(26)31-27(32-28)21-10-12-22(13-11-21)33(4)5/h9-13,19,27,31H,6-8,14-18,20H2,1-5H3,(H,30,32)/b23-9+. The average Bonchev–Trinajstić information content (AvgIpc) is 3.32. The number of likely N-dealkylation sites (N-methyl/N-ethyl adjacent to an activating group) is 1. The molecule has 0 radical (unpaired) electrons. The Morgan fingerprint density at radius 2 is 1.81 bits per heavy atom. The zero-order valence-corrected chi connectivity index (χ0v) is 24.1. The minimum Gasteiger partial charge on any atom is -0.378 e. The fourth-order valence-electron chi connectivity index (χ4n) is 5.15. The summed E-state index contributed by atoms with van der Waals surface area (Å²) in [5.74, 6) is 0.920. The molecule has 36 heavy (non-hydrogen) atoms. The van der Waals surface area contributed by atoms with Gasteiger partial charge >= 0.3 is 0 Å². The minimum atomic E-state index is 0.0124. The molecule has 2 aromatic rings. The van der Waals surface area contributed by atoms with Crippen LogP contribution in [0.1, 0.15) is 45.3 Å². The van der Waals surface area contributed by atoms with Crippen LogP contribution in [0.3, 0.4) is 0 Å². The van der Waals surface area contributed by atoms with Gasteiger partial charge in [0.2, 0.25) is 0 Å². The molecule has 1 atom stereocenters. The highest BCUT2D eigenvalue weighted by Crippen LogP contribution is 2.44. The monoisotopic (exact) mass is 555 g/mol. The van der Waals surface area contributed by atoms with E-state index in [1.807, 2.05) is 6.20 Å². The largest absolute Gasteiger partial charge is 0.378 e. The number of nitrogens with zero attached hydrogens (tertiary/aromatic N) is 5. The topological polar surface area (TPSA) is 49.9 Å². The first-order valence-electron chi connectivity index (χ1n) is 13.3. The van der Waals surface area contributed by atoms with Crippen molar-refractivity contribution in [1.29, 1.82) is 0 Å². The minimum absolute atomic E-state index is 0.0124. The van der Waals surface area contributed by atoms with Gasteiger partial charge in [-0.3, -0.25) is 4.90 Å². The molecule has 2 N–H and O–H groups in total. The van der Waals surface area contributed by atoms with E-state index in [9.17, 15) is 0 Å². The van der Waals surface area contributed by atoms with Gasteiger partial charge in [-0.2, -0.15) is 0 Å². The molecule has 0 saturated carbocycles. The number of pyridine rings is 1. The molecule has 2 aliphatic rings. The van der Waals surface area contributed by atoms with Crippen LogP contribution in [0.2, 0.25) is 0 Å². The molecule has 0 bridgehead atoms. The SMILES string of the molecule is CC/C=C(\CN1CCN(c2c(Br)cnc3c2NC(c2ccc(N(C)C)cc2)N3)CC1)N(CC)CCC. The Bertz CT molecular complexity index is 1030. The maximum Gasteiger partial charge on any atom is 0.153 e. The Kier molecular flexibility index (Phi) is 9.01. The van der Waals surface area contributed by atoms with Crippen molar-refractivity contribution in [2.75, 3.05) is 80.3 Å². The summed E-state index contributed by atoms with van der Waals surface area (Å²) >= 11 is 3.80. The number of halogens is 1. The first-order chi connectivity index (χ1) is 17.4. The Hall–Kier alpha value is -2.45. The average molecular weight is 557 g/mol. The summed E-state index contributed by atoms with van der Waals surface area (Å²) in [5.41, 5.74) is 6.18. The number of fused-ring (bicyclic) bond motifs is 1.